The number of carbonyl (C=O) groups is 2. The number of likely N-dealkylation sites (tertiary alicyclic amines) is 1. The van der Waals surface area contributed by atoms with Crippen LogP contribution in [0.4, 0.5) is 17.6 Å². The van der Waals surface area contributed by atoms with E-state index in [1.807, 2.05) is 0 Å². The van der Waals surface area contributed by atoms with Gasteiger partial charge >= 0.3 is 12.1 Å². The first-order valence-corrected chi connectivity index (χ1v) is 12.8. The number of nitrogen functional groups attached to an aromatic ring is 1. The van der Waals surface area contributed by atoms with E-state index in [-0.39, 0.29) is 28.8 Å². The molecule has 1 aliphatic rings. The molecule has 0 aliphatic carbocycles. The number of phenols is 1. The van der Waals surface area contributed by atoms with Crippen LogP contribution >= 0.6 is 11.3 Å². The average molecular weight is 577 g/mol. The number of nitrogens with two attached hydrogens (primary N) is 1. The normalized spacial score (nSPS) is 15.8. The molecule has 16 heteroatoms. The molecule has 3 aromatic rings. The Balaban J connectivity index is 0.000000505. The summed E-state index contributed by atoms with van der Waals surface area (Å²) in [7, 11) is -3.97. The summed E-state index contributed by atoms with van der Waals surface area (Å²) in [5.41, 5.74) is 6.30. The minimum Gasteiger partial charge on any atom is -0.508 e. The van der Waals surface area contributed by atoms with E-state index in [1.165, 1.54) is 47.4 Å². The van der Waals surface area contributed by atoms with Crippen LogP contribution in [0.25, 0.3) is 10.1 Å². The van der Waals surface area contributed by atoms with E-state index >= 15 is 0 Å². The number of amidine groups is 1. The molecule has 204 valence electrons. The Bertz CT molecular complexity index is 1510. The van der Waals surface area contributed by atoms with Gasteiger partial charge in [-0.15, -0.1) is 11.3 Å². The van der Waals surface area contributed by atoms with Crippen LogP contribution in [-0.4, -0.2) is 60.0 Å². The number of phenolic OH excluding ortho intramolecular Hbond substituents is 1. The summed E-state index contributed by atoms with van der Waals surface area (Å²) >= 11 is 0.932. The summed E-state index contributed by atoms with van der Waals surface area (Å²) < 4.78 is 73.6. The lowest BCUT2D eigenvalue weighted by atomic mass is 10.1. The van der Waals surface area contributed by atoms with Gasteiger partial charge in [-0.05, 0) is 48.2 Å². The van der Waals surface area contributed by atoms with Crippen molar-refractivity contribution in [3.63, 3.8) is 0 Å². The Labute approximate surface area is 216 Å². The van der Waals surface area contributed by atoms with Gasteiger partial charge in [0.15, 0.2) is 0 Å². The fourth-order valence-corrected chi connectivity index (χ4v) is 6.11. The van der Waals surface area contributed by atoms with Gasteiger partial charge in [-0.25, -0.2) is 17.6 Å². The van der Waals surface area contributed by atoms with Gasteiger partial charge < -0.3 is 20.8 Å². The maximum absolute atomic E-state index is 13.4. The predicted molar refractivity (Wildman–Crippen MR) is 129 cm³/mol. The first-order valence-electron chi connectivity index (χ1n) is 10.5. The van der Waals surface area contributed by atoms with Gasteiger partial charge in [0.1, 0.15) is 27.7 Å². The Morgan fingerprint density at radius 3 is 2.47 bits per heavy atom. The molecule has 1 amide bonds. The molecule has 1 saturated heterocycles. The first kappa shape index (κ1) is 28.8. The number of hydrogen-bond acceptors (Lipinski definition) is 7. The minimum atomic E-state index is -5.08. The zero-order valence-electron chi connectivity index (χ0n) is 19.1. The molecule has 1 fully saturated rings. The summed E-state index contributed by atoms with van der Waals surface area (Å²) in [6.45, 7) is 0.361. The lowest BCUT2D eigenvalue weighted by Gasteiger charge is -2.18. The third kappa shape index (κ3) is 6.76. The van der Waals surface area contributed by atoms with E-state index in [4.69, 9.17) is 21.0 Å². The molecular weight excluding hydrogens is 556 g/mol. The molecule has 0 saturated carbocycles. The third-order valence-electron chi connectivity index (χ3n) is 5.31. The largest absolute Gasteiger partial charge is 0.508 e. The van der Waals surface area contributed by atoms with Crippen LogP contribution < -0.4 is 10.5 Å². The van der Waals surface area contributed by atoms with Gasteiger partial charge in [0, 0.05) is 28.9 Å². The SMILES string of the molecule is N=C(N)c1ccc(O)c(CN2CC[C@H](NS(=O)(=O)c3cc4ccc(F)cc4s3)C2=O)c1.O=C(O)C(F)(F)F. The topological polar surface area (TPSA) is 174 Å². The molecule has 0 radical (unpaired) electrons. The number of alkyl halides is 3. The number of nitrogens with zero attached hydrogens (tertiary/aromatic N) is 1. The van der Waals surface area contributed by atoms with E-state index in [2.05, 4.69) is 4.72 Å². The number of aliphatic carboxylic acids is 1. The second-order valence-corrected chi connectivity index (χ2v) is 11.1. The van der Waals surface area contributed by atoms with Crippen LogP contribution in [0.2, 0.25) is 0 Å². The van der Waals surface area contributed by atoms with E-state index in [0.717, 1.165) is 11.3 Å². The van der Waals surface area contributed by atoms with Crippen molar-refractivity contribution in [3.05, 3.63) is 59.4 Å². The first-order chi connectivity index (χ1) is 17.6. The van der Waals surface area contributed by atoms with Gasteiger partial charge in [0.25, 0.3) is 10.0 Å². The van der Waals surface area contributed by atoms with Crippen molar-refractivity contribution in [3.8, 4) is 5.75 Å². The Morgan fingerprint density at radius 1 is 1.21 bits per heavy atom. The molecule has 1 atom stereocenters. The van der Waals surface area contributed by atoms with Gasteiger partial charge in [-0.3, -0.25) is 10.2 Å². The number of nitrogens with one attached hydrogen (secondary N) is 2. The maximum atomic E-state index is 13.4. The highest BCUT2D eigenvalue weighted by Gasteiger charge is 2.38. The number of carbonyl (C=O) groups excluding carboxylic acids is 1. The molecule has 1 aliphatic heterocycles. The lowest BCUT2D eigenvalue weighted by molar-refractivity contribution is -0.192. The van der Waals surface area contributed by atoms with Gasteiger partial charge in [-0.2, -0.15) is 17.9 Å². The van der Waals surface area contributed by atoms with Gasteiger partial charge in [0.2, 0.25) is 5.91 Å². The molecule has 0 unspecified atom stereocenters. The summed E-state index contributed by atoms with van der Waals surface area (Å²) in [6, 6.07) is 8.97. The quantitative estimate of drug-likeness (QED) is 0.170. The second-order valence-electron chi connectivity index (χ2n) is 8.03. The molecule has 1 aromatic heterocycles. The molecule has 10 nitrogen and oxygen atoms in total. The third-order valence-corrected chi connectivity index (χ3v) is 8.36. The molecule has 38 heavy (non-hydrogen) atoms. The average Bonchev–Trinajstić information content (AvgIpc) is 3.39. The fourth-order valence-electron chi connectivity index (χ4n) is 3.45. The molecule has 0 bridgehead atoms. The maximum Gasteiger partial charge on any atom is 0.490 e. The molecule has 2 aromatic carbocycles. The standard InChI is InChI=1S/C20H19FN4O4S2.C2HF3O2/c21-14-3-1-11-8-18(30-17(11)9-14)31(28,29)24-15-5-6-25(20(15)27)10-13-7-12(19(22)23)2-4-16(13)26;3-2(4,5)1(6)7/h1-4,7-9,15,24,26H,5-6,10H2,(H3,22,23);(H,6,7)/t15-;/m0./s1. The van der Waals surface area contributed by atoms with Crippen LogP contribution in [-0.2, 0) is 26.2 Å². The van der Waals surface area contributed by atoms with E-state index in [9.17, 15) is 35.9 Å². The van der Waals surface area contributed by atoms with Crippen LogP contribution in [0.5, 0.6) is 5.75 Å². The fraction of sp³-hybridized carbons (Fsp3) is 0.227. The monoisotopic (exact) mass is 576 g/mol. The van der Waals surface area contributed by atoms with Crippen LogP contribution in [0, 0.1) is 11.2 Å². The van der Waals surface area contributed by atoms with E-state index in [1.54, 1.807) is 0 Å². The number of carboxylic acids is 1. The van der Waals surface area contributed by atoms with Crippen molar-refractivity contribution in [1.82, 2.24) is 9.62 Å². The Kier molecular flexibility index (Phi) is 8.28. The summed E-state index contributed by atoms with van der Waals surface area (Å²) in [5.74, 6) is -3.83. The Morgan fingerprint density at radius 2 is 1.87 bits per heavy atom. The highest BCUT2D eigenvalue weighted by Crippen LogP contribution is 2.30. The summed E-state index contributed by atoms with van der Waals surface area (Å²) in [5, 5.41) is 25.3. The van der Waals surface area contributed by atoms with E-state index < -0.39 is 39.9 Å². The number of sulfonamides is 1. The van der Waals surface area contributed by atoms with Gasteiger partial charge in [0.05, 0.1) is 0 Å². The molecule has 0 spiro atoms. The zero-order chi connectivity index (χ0) is 28.4. The lowest BCUT2D eigenvalue weighted by Crippen LogP contribution is -2.41. The number of aromatic hydroxyl groups is 1. The summed E-state index contributed by atoms with van der Waals surface area (Å²) in [6.07, 6.45) is -4.81. The number of thiophene rings is 1. The predicted octanol–water partition coefficient (Wildman–Crippen LogP) is 2.74. The highest BCUT2D eigenvalue weighted by atomic mass is 32.2. The van der Waals surface area contributed by atoms with Crippen molar-refractivity contribution in [2.45, 2.75) is 29.4 Å². The van der Waals surface area contributed by atoms with Crippen molar-refractivity contribution >= 4 is 49.2 Å². The van der Waals surface area contributed by atoms with Crippen molar-refractivity contribution in [2.75, 3.05) is 6.54 Å². The number of amides is 1. The summed E-state index contributed by atoms with van der Waals surface area (Å²) in [4.78, 5) is 23.1. The Hall–Kier alpha value is -3.76. The zero-order valence-corrected chi connectivity index (χ0v) is 20.8. The van der Waals surface area contributed by atoms with Crippen molar-refractivity contribution in [2.24, 2.45) is 5.73 Å². The van der Waals surface area contributed by atoms with Crippen LogP contribution in [0.3, 0.4) is 0 Å². The molecule has 4 rings (SSSR count). The highest BCUT2D eigenvalue weighted by molar-refractivity contribution is 7.91. The smallest absolute Gasteiger partial charge is 0.490 e. The van der Waals surface area contributed by atoms with Crippen molar-refractivity contribution in [1.29, 1.82) is 5.41 Å². The molecular formula is C22H20F4N4O6S2. The number of hydrogen-bond donors (Lipinski definition) is 5. The van der Waals surface area contributed by atoms with Gasteiger partial charge in [-0.1, -0.05) is 6.07 Å². The number of rotatable bonds is 6. The minimum absolute atomic E-state index is 0.00570. The molecule has 2 heterocycles. The number of fused-ring (bicyclic) bond motifs is 1. The molecule has 6 N–H and O–H groups in total. The van der Waals surface area contributed by atoms with Crippen molar-refractivity contribution < 1.29 is 45.8 Å². The second kappa shape index (κ2) is 10.9. The number of benzene rings is 2. The van der Waals surface area contributed by atoms with Crippen LogP contribution in [0.1, 0.15) is 17.5 Å². The number of halogens is 4. The number of carboxylic acid groups (broad SMARTS) is 1. The van der Waals surface area contributed by atoms with E-state index in [0.29, 0.717) is 27.8 Å². The van der Waals surface area contributed by atoms with Crippen LogP contribution in [0.15, 0.2) is 46.7 Å².